The Morgan fingerprint density at radius 1 is 1.47 bits per heavy atom. The Balaban J connectivity index is 1.73. The minimum absolute atomic E-state index is 0.220. The van der Waals surface area contributed by atoms with Gasteiger partial charge in [-0.15, -0.1) is 10.2 Å². The lowest BCUT2D eigenvalue weighted by molar-refractivity contribution is 0.0934. The van der Waals surface area contributed by atoms with Crippen LogP contribution in [0.3, 0.4) is 0 Å². The average molecular weight is 262 g/mol. The normalized spacial score (nSPS) is 16.3. The molecule has 1 saturated carbocycles. The van der Waals surface area contributed by atoms with Crippen molar-refractivity contribution in [3.05, 3.63) is 17.2 Å². The molecule has 1 amide bonds. The molecule has 19 heavy (non-hydrogen) atoms. The second-order valence-electron chi connectivity index (χ2n) is 4.64. The third-order valence-corrected chi connectivity index (χ3v) is 3.13. The number of anilines is 1. The molecule has 1 fully saturated rings. The molecule has 100 valence electrons. The van der Waals surface area contributed by atoms with Crippen molar-refractivity contribution in [3.63, 3.8) is 0 Å². The van der Waals surface area contributed by atoms with Crippen molar-refractivity contribution >= 4 is 11.6 Å². The number of aromatic amines is 2. The van der Waals surface area contributed by atoms with Crippen LogP contribution in [0.1, 0.15) is 53.7 Å². The second-order valence-corrected chi connectivity index (χ2v) is 4.64. The number of nitrogens with zero attached hydrogens (tertiary/aromatic N) is 4. The molecule has 0 aromatic carbocycles. The molecule has 0 saturated heterocycles. The molecule has 2 aromatic rings. The molecule has 5 N–H and O–H groups in total. The zero-order chi connectivity index (χ0) is 13.4. The van der Waals surface area contributed by atoms with Crippen LogP contribution in [0.2, 0.25) is 0 Å². The van der Waals surface area contributed by atoms with Crippen molar-refractivity contribution in [2.45, 2.75) is 31.7 Å². The maximum absolute atomic E-state index is 12.1. The molecule has 9 nitrogen and oxygen atoms in total. The van der Waals surface area contributed by atoms with Gasteiger partial charge in [-0.2, -0.15) is 10.3 Å². The Morgan fingerprint density at radius 2 is 2.26 bits per heavy atom. The molecule has 1 aliphatic rings. The summed E-state index contributed by atoms with van der Waals surface area (Å²) in [6, 6.07) is -0.369. The SMILES string of the molecule is CC(NC(=O)c1n[nH]c(C2CC2)c1N)c1nn[nH]n1. The average Bonchev–Trinajstić information content (AvgIpc) is 2.92. The van der Waals surface area contributed by atoms with Crippen LogP contribution in [-0.2, 0) is 0 Å². The maximum Gasteiger partial charge on any atom is 0.274 e. The van der Waals surface area contributed by atoms with Gasteiger partial charge in [-0.25, -0.2) is 0 Å². The van der Waals surface area contributed by atoms with Crippen LogP contribution in [0.15, 0.2) is 0 Å². The predicted octanol–water partition coefficient (Wildman–Crippen LogP) is -0.127. The molecule has 1 unspecified atom stereocenters. The number of rotatable bonds is 4. The van der Waals surface area contributed by atoms with Crippen molar-refractivity contribution < 1.29 is 4.79 Å². The van der Waals surface area contributed by atoms with Crippen LogP contribution in [0.25, 0.3) is 0 Å². The number of nitrogens with two attached hydrogens (primary N) is 1. The number of nitrogens with one attached hydrogen (secondary N) is 3. The van der Waals surface area contributed by atoms with Crippen molar-refractivity contribution in [1.82, 2.24) is 36.1 Å². The number of hydrogen-bond donors (Lipinski definition) is 4. The van der Waals surface area contributed by atoms with Gasteiger partial charge in [0, 0.05) is 5.92 Å². The van der Waals surface area contributed by atoms with Crippen molar-refractivity contribution in [2.24, 2.45) is 0 Å². The van der Waals surface area contributed by atoms with E-state index in [9.17, 15) is 4.79 Å². The van der Waals surface area contributed by atoms with Gasteiger partial charge in [-0.05, 0) is 19.8 Å². The fraction of sp³-hybridized carbons (Fsp3) is 0.500. The van der Waals surface area contributed by atoms with E-state index in [-0.39, 0.29) is 17.6 Å². The van der Waals surface area contributed by atoms with Crippen LogP contribution in [-0.4, -0.2) is 36.7 Å². The lowest BCUT2D eigenvalue weighted by Gasteiger charge is -2.08. The molecule has 0 radical (unpaired) electrons. The van der Waals surface area contributed by atoms with Crippen molar-refractivity contribution in [1.29, 1.82) is 0 Å². The number of tetrazole rings is 1. The first kappa shape index (κ1) is 11.6. The van der Waals surface area contributed by atoms with E-state index < -0.39 is 0 Å². The topological polar surface area (TPSA) is 138 Å². The first-order chi connectivity index (χ1) is 9.16. The van der Waals surface area contributed by atoms with Crippen molar-refractivity contribution in [2.75, 3.05) is 5.73 Å². The van der Waals surface area contributed by atoms with Gasteiger partial charge in [0.1, 0.15) is 0 Å². The van der Waals surface area contributed by atoms with Crippen LogP contribution in [0.5, 0.6) is 0 Å². The summed E-state index contributed by atoms with van der Waals surface area (Å²) in [5.41, 5.74) is 7.44. The third-order valence-electron chi connectivity index (χ3n) is 3.13. The second kappa shape index (κ2) is 4.34. The molecule has 2 heterocycles. The molecule has 0 spiro atoms. The Kier molecular flexibility index (Phi) is 2.65. The zero-order valence-electron chi connectivity index (χ0n) is 10.3. The molecule has 1 atom stereocenters. The monoisotopic (exact) mass is 262 g/mol. The number of aromatic nitrogens is 6. The van der Waals surface area contributed by atoms with Crippen LogP contribution in [0.4, 0.5) is 5.69 Å². The fourth-order valence-corrected chi connectivity index (χ4v) is 1.90. The van der Waals surface area contributed by atoms with E-state index in [1.165, 1.54) is 0 Å². The summed E-state index contributed by atoms with van der Waals surface area (Å²) in [5.74, 6) is 0.478. The van der Waals surface area contributed by atoms with Gasteiger partial charge >= 0.3 is 0 Å². The number of nitrogen functional groups attached to an aromatic ring is 1. The molecule has 9 heteroatoms. The molecule has 1 aliphatic carbocycles. The Labute approximate surface area is 108 Å². The third kappa shape index (κ3) is 2.14. The standard InChI is InChI=1S/C10H14N8O/c1-4(9-15-17-18-16-9)12-10(19)8-6(11)7(13-14-8)5-2-3-5/h4-5H,2-3,11H2,1H3,(H,12,19)(H,13,14)(H,15,16,17,18). The number of amides is 1. The van der Waals surface area contributed by atoms with E-state index in [0.29, 0.717) is 17.4 Å². The summed E-state index contributed by atoms with van der Waals surface area (Å²) in [6.07, 6.45) is 2.18. The van der Waals surface area contributed by atoms with Gasteiger partial charge in [0.2, 0.25) is 0 Å². The number of hydrogen-bond acceptors (Lipinski definition) is 6. The molecular weight excluding hydrogens is 248 g/mol. The van der Waals surface area contributed by atoms with Gasteiger partial charge in [0.05, 0.1) is 17.4 Å². The summed E-state index contributed by atoms with van der Waals surface area (Å²) in [6.45, 7) is 1.76. The highest BCUT2D eigenvalue weighted by molar-refractivity contribution is 5.97. The van der Waals surface area contributed by atoms with Crippen LogP contribution >= 0.6 is 0 Å². The molecule has 0 bridgehead atoms. The zero-order valence-corrected chi connectivity index (χ0v) is 10.3. The number of H-pyrrole nitrogens is 2. The largest absolute Gasteiger partial charge is 0.395 e. The maximum atomic E-state index is 12.1. The van der Waals surface area contributed by atoms with Gasteiger partial charge in [0.25, 0.3) is 5.91 Å². The molecule has 2 aromatic heterocycles. The van der Waals surface area contributed by atoms with E-state index in [1.54, 1.807) is 6.92 Å². The summed E-state index contributed by atoms with van der Waals surface area (Å²) in [4.78, 5) is 12.1. The lowest BCUT2D eigenvalue weighted by Crippen LogP contribution is -2.28. The quantitative estimate of drug-likeness (QED) is 0.605. The summed E-state index contributed by atoms with van der Waals surface area (Å²) >= 11 is 0. The highest BCUT2D eigenvalue weighted by Gasteiger charge is 2.30. The van der Waals surface area contributed by atoms with E-state index in [2.05, 4.69) is 36.1 Å². The summed E-state index contributed by atoms with van der Waals surface area (Å²) < 4.78 is 0. The predicted molar refractivity (Wildman–Crippen MR) is 65.0 cm³/mol. The highest BCUT2D eigenvalue weighted by Crippen LogP contribution is 2.42. The molecule has 3 rings (SSSR count). The Hall–Kier alpha value is -2.45. The van der Waals surface area contributed by atoms with E-state index in [1.807, 2.05) is 0 Å². The van der Waals surface area contributed by atoms with Crippen LogP contribution < -0.4 is 11.1 Å². The smallest absolute Gasteiger partial charge is 0.274 e. The van der Waals surface area contributed by atoms with E-state index in [0.717, 1.165) is 18.5 Å². The number of carbonyl (C=O) groups is 1. The summed E-state index contributed by atoms with van der Waals surface area (Å²) in [7, 11) is 0. The van der Waals surface area contributed by atoms with Crippen molar-refractivity contribution in [3.8, 4) is 0 Å². The first-order valence-electron chi connectivity index (χ1n) is 6.04. The minimum atomic E-state index is -0.369. The van der Waals surface area contributed by atoms with Gasteiger partial charge < -0.3 is 11.1 Å². The van der Waals surface area contributed by atoms with E-state index >= 15 is 0 Å². The highest BCUT2D eigenvalue weighted by atomic mass is 16.2. The van der Waals surface area contributed by atoms with Crippen LogP contribution in [0, 0.1) is 0 Å². The Morgan fingerprint density at radius 3 is 2.89 bits per heavy atom. The fourth-order valence-electron chi connectivity index (χ4n) is 1.90. The first-order valence-corrected chi connectivity index (χ1v) is 6.04. The lowest BCUT2D eigenvalue weighted by atomic mass is 10.2. The minimum Gasteiger partial charge on any atom is -0.395 e. The Bertz CT molecular complexity index is 585. The van der Waals surface area contributed by atoms with Gasteiger partial charge in [-0.3, -0.25) is 9.89 Å². The molecular formula is C10H14N8O. The van der Waals surface area contributed by atoms with E-state index in [4.69, 9.17) is 5.73 Å². The number of carbonyl (C=O) groups excluding carboxylic acids is 1. The summed E-state index contributed by atoms with van der Waals surface area (Å²) in [5, 5.41) is 22.9. The molecule has 0 aliphatic heterocycles. The van der Waals surface area contributed by atoms with Gasteiger partial charge in [0.15, 0.2) is 11.5 Å². The van der Waals surface area contributed by atoms with Gasteiger partial charge in [-0.1, -0.05) is 5.21 Å².